The summed E-state index contributed by atoms with van der Waals surface area (Å²) in [5.74, 6) is 1.09. The van der Waals surface area contributed by atoms with Gasteiger partial charge in [0.25, 0.3) is 0 Å². The summed E-state index contributed by atoms with van der Waals surface area (Å²) in [5.41, 5.74) is 4.72. The zero-order valence-corrected chi connectivity index (χ0v) is 21.1. The second-order valence-electron chi connectivity index (χ2n) is 10.1. The molecule has 0 saturated carbocycles. The Balaban J connectivity index is 1.09. The van der Waals surface area contributed by atoms with Gasteiger partial charge in [0.1, 0.15) is 28.7 Å². The van der Waals surface area contributed by atoms with E-state index < -0.39 is 0 Å². The molecule has 2 aliphatic rings. The normalized spacial score (nSPS) is 17.8. The third kappa shape index (κ3) is 4.08. The molecule has 0 unspecified atom stereocenters. The van der Waals surface area contributed by atoms with E-state index in [-0.39, 0.29) is 0 Å². The molecule has 3 aromatic heterocycles. The summed E-state index contributed by atoms with van der Waals surface area (Å²) in [5, 5.41) is 11.6. The highest BCUT2D eigenvalue weighted by Crippen LogP contribution is 2.44. The second-order valence-corrected chi connectivity index (χ2v) is 11.2. The molecule has 35 heavy (non-hydrogen) atoms. The number of aromatic amines is 1. The molecule has 8 heteroatoms. The highest BCUT2D eigenvalue weighted by Gasteiger charge is 2.45. The minimum Gasteiger partial charge on any atom is -0.384 e. The molecule has 0 bridgehead atoms. The number of piperidine rings is 1. The topological polar surface area (TPSA) is 81.1 Å². The molecule has 6 rings (SSSR count). The first-order chi connectivity index (χ1) is 17.1. The second kappa shape index (κ2) is 8.90. The van der Waals surface area contributed by atoms with Gasteiger partial charge in [0.05, 0.1) is 12.0 Å². The number of anilines is 1. The Morgan fingerprint density at radius 1 is 1.17 bits per heavy atom. The van der Waals surface area contributed by atoms with Crippen molar-refractivity contribution in [1.82, 2.24) is 19.9 Å². The van der Waals surface area contributed by atoms with Crippen LogP contribution in [-0.2, 0) is 17.7 Å². The van der Waals surface area contributed by atoms with Gasteiger partial charge in [-0.05, 0) is 62.2 Å². The summed E-state index contributed by atoms with van der Waals surface area (Å²) >= 11 is 1.75. The van der Waals surface area contributed by atoms with Crippen LogP contribution in [0.15, 0.2) is 30.6 Å². The number of hydrogen-bond donors (Lipinski definition) is 1. The van der Waals surface area contributed by atoms with Crippen LogP contribution < -0.4 is 4.90 Å². The molecule has 1 N–H and O–H groups in total. The number of nitrogens with one attached hydrogen (secondary N) is 1. The van der Waals surface area contributed by atoms with Crippen molar-refractivity contribution < 1.29 is 4.74 Å². The van der Waals surface area contributed by atoms with E-state index in [9.17, 15) is 5.26 Å². The Labute approximate surface area is 209 Å². The largest absolute Gasteiger partial charge is 0.384 e. The molecule has 0 amide bonds. The van der Waals surface area contributed by atoms with Crippen LogP contribution in [0.1, 0.15) is 34.5 Å². The van der Waals surface area contributed by atoms with Crippen molar-refractivity contribution in [3.8, 4) is 6.07 Å². The van der Waals surface area contributed by atoms with Crippen LogP contribution >= 0.6 is 11.3 Å². The summed E-state index contributed by atoms with van der Waals surface area (Å²) in [7, 11) is 1.75. The highest BCUT2D eigenvalue weighted by atomic mass is 32.1. The van der Waals surface area contributed by atoms with Crippen LogP contribution in [0.5, 0.6) is 0 Å². The number of rotatable bonds is 6. The third-order valence-electron chi connectivity index (χ3n) is 7.88. The first kappa shape index (κ1) is 22.5. The highest BCUT2D eigenvalue weighted by molar-refractivity contribution is 7.18. The van der Waals surface area contributed by atoms with E-state index in [0.29, 0.717) is 11.1 Å². The van der Waals surface area contributed by atoms with Gasteiger partial charge in [-0.1, -0.05) is 6.07 Å². The molecule has 2 saturated heterocycles. The Morgan fingerprint density at radius 3 is 2.77 bits per heavy atom. The van der Waals surface area contributed by atoms with E-state index in [0.717, 1.165) is 67.3 Å². The number of ether oxygens (including phenoxy) is 1. The van der Waals surface area contributed by atoms with Gasteiger partial charge in [0, 0.05) is 54.4 Å². The molecule has 4 aromatic rings. The summed E-state index contributed by atoms with van der Waals surface area (Å²) in [4.78, 5) is 19.8. The molecule has 2 aliphatic heterocycles. The number of H-pyrrole nitrogens is 1. The zero-order valence-electron chi connectivity index (χ0n) is 20.3. The molecular weight excluding hydrogens is 456 g/mol. The Morgan fingerprint density at radius 2 is 2.00 bits per heavy atom. The Bertz CT molecular complexity index is 1420. The summed E-state index contributed by atoms with van der Waals surface area (Å²) < 4.78 is 5.25. The lowest BCUT2D eigenvalue weighted by Gasteiger charge is -2.54. The lowest BCUT2D eigenvalue weighted by Crippen LogP contribution is -2.60. The predicted molar refractivity (Wildman–Crippen MR) is 140 cm³/mol. The van der Waals surface area contributed by atoms with E-state index in [1.165, 1.54) is 34.2 Å². The standard InChI is InChI=1S/C27H30N6OS/c1-18-19(3-4-24-22(18)11-20(13-28)31-24)14-32-8-6-27(7-9-32)15-33(16-27)25-23-12-21(5-10-34-2)35-26(23)30-17-29-25/h3-4,11-12,17,31H,5-10,14-16H2,1-2H3. The maximum absolute atomic E-state index is 9.21. The van der Waals surface area contributed by atoms with Crippen molar-refractivity contribution in [2.24, 2.45) is 5.41 Å². The summed E-state index contributed by atoms with van der Waals surface area (Å²) in [6, 6.07) is 10.8. The first-order valence-corrected chi connectivity index (χ1v) is 13.1. The van der Waals surface area contributed by atoms with Gasteiger partial charge in [-0.2, -0.15) is 5.26 Å². The molecule has 2 fully saturated rings. The van der Waals surface area contributed by atoms with Crippen LogP contribution in [0.25, 0.3) is 21.1 Å². The molecule has 180 valence electrons. The Hall–Kier alpha value is -2.99. The number of methoxy groups -OCH3 is 1. The molecule has 0 atom stereocenters. The molecule has 0 aliphatic carbocycles. The van der Waals surface area contributed by atoms with Crippen LogP contribution in [-0.4, -0.2) is 59.7 Å². The number of nitrogens with zero attached hydrogens (tertiary/aromatic N) is 5. The number of aromatic nitrogens is 3. The predicted octanol–water partition coefficient (Wildman–Crippen LogP) is 4.64. The third-order valence-corrected chi connectivity index (χ3v) is 8.98. The van der Waals surface area contributed by atoms with Crippen LogP contribution in [0, 0.1) is 23.7 Å². The van der Waals surface area contributed by atoms with Crippen molar-refractivity contribution in [1.29, 1.82) is 5.26 Å². The number of thiophene rings is 1. The number of hydrogen-bond acceptors (Lipinski definition) is 7. The molecule has 1 aromatic carbocycles. The van der Waals surface area contributed by atoms with Gasteiger partial charge in [-0.25, -0.2) is 9.97 Å². The van der Waals surface area contributed by atoms with Gasteiger partial charge in [-0.3, -0.25) is 4.90 Å². The van der Waals surface area contributed by atoms with Crippen molar-refractivity contribution in [2.45, 2.75) is 32.7 Å². The van der Waals surface area contributed by atoms with Crippen molar-refractivity contribution in [3.05, 3.63) is 52.3 Å². The van der Waals surface area contributed by atoms with Crippen LogP contribution in [0.3, 0.4) is 0 Å². The fourth-order valence-electron chi connectivity index (χ4n) is 5.75. The van der Waals surface area contributed by atoms with Crippen LogP contribution in [0.4, 0.5) is 5.82 Å². The average molecular weight is 487 g/mol. The fraction of sp³-hybridized carbons (Fsp3) is 0.444. The monoisotopic (exact) mass is 486 g/mol. The van der Waals surface area contributed by atoms with E-state index in [1.807, 2.05) is 6.07 Å². The number of aryl methyl sites for hydroxylation is 1. The average Bonchev–Trinajstić information content (AvgIpc) is 3.48. The van der Waals surface area contributed by atoms with E-state index >= 15 is 0 Å². The van der Waals surface area contributed by atoms with E-state index in [2.05, 4.69) is 55.9 Å². The fourth-order valence-corrected chi connectivity index (χ4v) is 6.72. The number of benzene rings is 1. The number of likely N-dealkylation sites (tertiary alicyclic amines) is 1. The van der Waals surface area contributed by atoms with E-state index in [4.69, 9.17) is 4.74 Å². The molecule has 0 radical (unpaired) electrons. The Kier molecular flexibility index (Phi) is 5.72. The first-order valence-electron chi connectivity index (χ1n) is 12.3. The molecule has 1 spiro atoms. The van der Waals surface area contributed by atoms with Crippen molar-refractivity contribution >= 4 is 38.3 Å². The quantitative estimate of drug-likeness (QED) is 0.428. The maximum Gasteiger partial charge on any atom is 0.140 e. The van der Waals surface area contributed by atoms with Crippen molar-refractivity contribution in [3.63, 3.8) is 0 Å². The van der Waals surface area contributed by atoms with Crippen LogP contribution in [0.2, 0.25) is 0 Å². The number of fused-ring (bicyclic) bond motifs is 2. The molecule has 7 nitrogen and oxygen atoms in total. The lowest BCUT2D eigenvalue weighted by atomic mass is 9.72. The van der Waals surface area contributed by atoms with E-state index in [1.54, 1.807) is 24.8 Å². The van der Waals surface area contributed by atoms with Gasteiger partial charge in [0.2, 0.25) is 0 Å². The van der Waals surface area contributed by atoms with Gasteiger partial charge in [0.15, 0.2) is 0 Å². The van der Waals surface area contributed by atoms with Crippen molar-refractivity contribution in [2.75, 3.05) is 44.8 Å². The molecular formula is C27H30N6OS. The smallest absolute Gasteiger partial charge is 0.140 e. The summed E-state index contributed by atoms with van der Waals surface area (Å²) in [6.07, 6.45) is 5.09. The lowest BCUT2D eigenvalue weighted by molar-refractivity contribution is 0.0720. The maximum atomic E-state index is 9.21. The van der Waals surface area contributed by atoms with Gasteiger partial charge < -0.3 is 14.6 Å². The van der Waals surface area contributed by atoms with Gasteiger partial charge >= 0.3 is 0 Å². The zero-order chi connectivity index (χ0) is 24.0. The number of nitriles is 1. The van der Waals surface area contributed by atoms with Gasteiger partial charge in [-0.15, -0.1) is 11.3 Å². The minimum atomic E-state index is 0.407. The molecule has 5 heterocycles. The summed E-state index contributed by atoms with van der Waals surface area (Å²) in [6.45, 7) is 8.30. The SMILES string of the molecule is COCCc1cc2c(N3CC4(CCN(Cc5ccc6[nH]c(C#N)cc6c5C)CC4)C3)ncnc2s1. The minimum absolute atomic E-state index is 0.407.